The van der Waals surface area contributed by atoms with Gasteiger partial charge in [0.2, 0.25) is 0 Å². The molecule has 0 unspecified atom stereocenters. The van der Waals surface area contributed by atoms with Crippen LogP contribution in [0.1, 0.15) is 17.0 Å². The quantitative estimate of drug-likeness (QED) is 0.851. The summed E-state index contributed by atoms with van der Waals surface area (Å²) in [7, 11) is -3.67. The Hall–Kier alpha value is -1.69. The Kier molecular flexibility index (Phi) is 4.89. The lowest BCUT2D eigenvalue weighted by molar-refractivity contribution is 0.570. The zero-order valence-corrected chi connectivity index (χ0v) is 11.9. The second-order valence-corrected chi connectivity index (χ2v) is 6.07. The van der Waals surface area contributed by atoms with Gasteiger partial charge in [-0.3, -0.25) is 0 Å². The fourth-order valence-electron chi connectivity index (χ4n) is 2.15. The van der Waals surface area contributed by atoms with Crippen LogP contribution in [0, 0.1) is 0 Å². The first-order valence-electron chi connectivity index (χ1n) is 6.41. The molecule has 2 rings (SSSR count). The van der Waals surface area contributed by atoms with Crippen molar-refractivity contribution in [3.63, 3.8) is 0 Å². The maximum Gasteiger partial charge on any atom is 0.274 e. The van der Waals surface area contributed by atoms with E-state index in [9.17, 15) is 8.42 Å². The van der Waals surface area contributed by atoms with Crippen LogP contribution in [0.25, 0.3) is 0 Å². The Morgan fingerprint density at radius 2 is 1.50 bits per heavy atom. The van der Waals surface area contributed by atoms with E-state index in [1.54, 1.807) is 0 Å². The fourth-order valence-corrected chi connectivity index (χ4v) is 2.58. The number of hydrogen-bond acceptors (Lipinski definition) is 2. The van der Waals surface area contributed by atoms with Crippen molar-refractivity contribution >= 4 is 10.2 Å². The molecule has 2 aromatic carbocycles. The van der Waals surface area contributed by atoms with Crippen molar-refractivity contribution in [2.75, 3.05) is 6.54 Å². The summed E-state index contributed by atoms with van der Waals surface area (Å²) in [5, 5.41) is 5.02. The highest BCUT2D eigenvalue weighted by Crippen LogP contribution is 2.20. The zero-order chi connectivity index (χ0) is 14.4. The Bertz CT molecular complexity index is 627. The molecule has 3 N–H and O–H groups in total. The molecule has 0 bridgehead atoms. The number of hydrogen-bond donors (Lipinski definition) is 2. The van der Waals surface area contributed by atoms with E-state index in [1.165, 1.54) is 0 Å². The average molecular weight is 290 g/mol. The monoisotopic (exact) mass is 290 g/mol. The van der Waals surface area contributed by atoms with Gasteiger partial charge in [0.15, 0.2) is 0 Å². The minimum atomic E-state index is -3.67. The van der Waals surface area contributed by atoms with Gasteiger partial charge in [-0.25, -0.2) is 9.86 Å². The largest absolute Gasteiger partial charge is 0.274 e. The van der Waals surface area contributed by atoms with Gasteiger partial charge in [0, 0.05) is 12.5 Å². The van der Waals surface area contributed by atoms with Gasteiger partial charge in [-0.1, -0.05) is 60.7 Å². The number of nitrogens with one attached hydrogen (secondary N) is 1. The normalized spacial score (nSPS) is 13.1. The molecule has 0 amide bonds. The van der Waals surface area contributed by atoms with Crippen LogP contribution in [0.4, 0.5) is 0 Å². The molecular formula is C15H18N2O2S. The first-order valence-corrected chi connectivity index (χ1v) is 7.95. The van der Waals surface area contributed by atoms with Gasteiger partial charge < -0.3 is 0 Å². The molecule has 0 aliphatic rings. The van der Waals surface area contributed by atoms with E-state index < -0.39 is 10.2 Å². The van der Waals surface area contributed by atoms with Crippen molar-refractivity contribution in [2.24, 2.45) is 5.14 Å². The van der Waals surface area contributed by atoms with Gasteiger partial charge in [0.25, 0.3) is 10.2 Å². The minimum absolute atomic E-state index is 0.0527. The van der Waals surface area contributed by atoms with Crippen molar-refractivity contribution in [1.29, 1.82) is 0 Å². The predicted molar refractivity (Wildman–Crippen MR) is 80.4 cm³/mol. The minimum Gasteiger partial charge on any atom is -0.216 e. The summed E-state index contributed by atoms with van der Waals surface area (Å²) >= 11 is 0. The fraction of sp³-hybridized carbons (Fsp3) is 0.200. The van der Waals surface area contributed by atoms with Gasteiger partial charge in [-0.05, 0) is 17.5 Å². The molecule has 0 heterocycles. The van der Waals surface area contributed by atoms with E-state index in [-0.39, 0.29) is 12.5 Å². The average Bonchev–Trinajstić information content (AvgIpc) is 2.44. The van der Waals surface area contributed by atoms with Crippen LogP contribution < -0.4 is 9.86 Å². The molecule has 0 radical (unpaired) electrons. The molecule has 2 aromatic rings. The highest BCUT2D eigenvalue weighted by atomic mass is 32.2. The Morgan fingerprint density at radius 1 is 0.950 bits per heavy atom. The van der Waals surface area contributed by atoms with Crippen LogP contribution in [0.2, 0.25) is 0 Å². The highest BCUT2D eigenvalue weighted by molar-refractivity contribution is 7.87. The standard InChI is InChI=1S/C15H18N2O2S/c16-20(18,19)17-12-15(14-9-5-2-6-10-14)11-13-7-3-1-4-8-13/h1-10,15,17H,11-12H2,(H2,16,18,19)/t15-/m1/s1. The van der Waals surface area contributed by atoms with Gasteiger partial charge in [-0.2, -0.15) is 8.42 Å². The van der Waals surface area contributed by atoms with E-state index in [4.69, 9.17) is 5.14 Å². The highest BCUT2D eigenvalue weighted by Gasteiger charge is 2.14. The second kappa shape index (κ2) is 6.65. The summed E-state index contributed by atoms with van der Waals surface area (Å²) in [5.41, 5.74) is 2.25. The third-order valence-corrected chi connectivity index (χ3v) is 3.70. The molecule has 4 nitrogen and oxygen atoms in total. The van der Waals surface area contributed by atoms with E-state index in [1.807, 2.05) is 60.7 Å². The van der Waals surface area contributed by atoms with Crippen LogP contribution in [-0.4, -0.2) is 15.0 Å². The molecule has 0 aliphatic carbocycles. The first-order chi connectivity index (χ1) is 9.54. The van der Waals surface area contributed by atoms with Crippen molar-refractivity contribution < 1.29 is 8.42 Å². The summed E-state index contributed by atoms with van der Waals surface area (Å²) < 4.78 is 24.6. The van der Waals surface area contributed by atoms with Crippen molar-refractivity contribution in [3.8, 4) is 0 Å². The van der Waals surface area contributed by atoms with Crippen LogP contribution in [0.15, 0.2) is 60.7 Å². The summed E-state index contributed by atoms with van der Waals surface area (Å²) in [4.78, 5) is 0. The number of benzene rings is 2. The van der Waals surface area contributed by atoms with E-state index in [0.717, 1.165) is 17.5 Å². The van der Waals surface area contributed by atoms with Crippen LogP contribution in [0.5, 0.6) is 0 Å². The number of nitrogens with two attached hydrogens (primary N) is 1. The SMILES string of the molecule is NS(=O)(=O)NC[C@@H](Cc1ccccc1)c1ccccc1. The third kappa shape index (κ3) is 4.77. The Balaban J connectivity index is 2.16. The van der Waals surface area contributed by atoms with Crippen LogP contribution in [0.3, 0.4) is 0 Å². The maximum absolute atomic E-state index is 11.1. The number of rotatable bonds is 6. The second-order valence-electron chi connectivity index (χ2n) is 4.69. The van der Waals surface area contributed by atoms with Crippen LogP contribution >= 0.6 is 0 Å². The lowest BCUT2D eigenvalue weighted by Crippen LogP contribution is -2.34. The molecule has 0 spiro atoms. The van der Waals surface area contributed by atoms with Crippen molar-refractivity contribution in [1.82, 2.24) is 4.72 Å². The van der Waals surface area contributed by atoms with Gasteiger partial charge in [0.05, 0.1) is 0 Å². The first kappa shape index (κ1) is 14.7. The molecule has 20 heavy (non-hydrogen) atoms. The molecule has 0 saturated carbocycles. The van der Waals surface area contributed by atoms with Gasteiger partial charge in [0.1, 0.15) is 0 Å². The molecule has 0 aliphatic heterocycles. The summed E-state index contributed by atoms with van der Waals surface area (Å²) in [5.74, 6) is 0.0527. The molecule has 106 valence electrons. The molecule has 5 heteroatoms. The molecule has 1 atom stereocenters. The van der Waals surface area contributed by atoms with Crippen molar-refractivity contribution in [3.05, 3.63) is 71.8 Å². The van der Waals surface area contributed by atoms with Crippen molar-refractivity contribution in [2.45, 2.75) is 12.3 Å². The topological polar surface area (TPSA) is 72.2 Å². The van der Waals surface area contributed by atoms with Crippen LogP contribution in [-0.2, 0) is 16.6 Å². The van der Waals surface area contributed by atoms with Gasteiger partial charge in [-0.15, -0.1) is 0 Å². The van der Waals surface area contributed by atoms with Gasteiger partial charge >= 0.3 is 0 Å². The zero-order valence-electron chi connectivity index (χ0n) is 11.1. The predicted octanol–water partition coefficient (Wildman–Crippen LogP) is 1.81. The summed E-state index contributed by atoms with van der Waals surface area (Å²) in [6.45, 7) is 0.289. The van der Waals surface area contributed by atoms with E-state index >= 15 is 0 Å². The molecular weight excluding hydrogens is 272 g/mol. The lowest BCUT2D eigenvalue weighted by atomic mass is 9.92. The van der Waals surface area contributed by atoms with E-state index in [2.05, 4.69) is 4.72 Å². The third-order valence-electron chi connectivity index (χ3n) is 3.13. The maximum atomic E-state index is 11.1. The molecule has 0 saturated heterocycles. The summed E-state index contributed by atoms with van der Waals surface area (Å²) in [6.07, 6.45) is 0.757. The Morgan fingerprint density at radius 3 is 2.05 bits per heavy atom. The Labute approximate surface area is 119 Å². The lowest BCUT2D eigenvalue weighted by Gasteiger charge is -2.17. The van der Waals surface area contributed by atoms with E-state index in [0.29, 0.717) is 0 Å². The smallest absolute Gasteiger partial charge is 0.216 e. The molecule has 0 fully saturated rings. The molecule has 0 aromatic heterocycles. The summed E-state index contributed by atoms with van der Waals surface area (Å²) in [6, 6.07) is 19.8.